The quantitative estimate of drug-likeness (QED) is 0.728. The molecule has 0 atom stereocenters. The molecule has 0 aliphatic carbocycles. The van der Waals surface area contributed by atoms with Crippen LogP contribution in [0.15, 0.2) is 12.1 Å². The molecular weight excluding hydrogens is 342 g/mol. The number of rotatable bonds is 9. The number of amides is 1. The number of likely N-dealkylation sites (tertiary alicyclic amines) is 1. The highest BCUT2D eigenvalue weighted by Gasteiger charge is 2.15. The number of hydrogen-bond acceptors (Lipinski definition) is 5. The van der Waals surface area contributed by atoms with Gasteiger partial charge in [-0.15, -0.1) is 0 Å². The van der Waals surface area contributed by atoms with E-state index in [9.17, 15) is 4.79 Å². The molecule has 6 nitrogen and oxygen atoms in total. The van der Waals surface area contributed by atoms with Crippen LogP contribution < -0.4 is 14.8 Å². The summed E-state index contributed by atoms with van der Waals surface area (Å²) in [5.41, 5.74) is 0.798. The minimum absolute atomic E-state index is 0.163. The van der Waals surface area contributed by atoms with Crippen molar-refractivity contribution in [2.45, 2.75) is 32.7 Å². The van der Waals surface area contributed by atoms with Gasteiger partial charge >= 0.3 is 0 Å². The molecule has 0 radical (unpaired) electrons. The molecule has 0 saturated carbocycles. The Morgan fingerprint density at radius 1 is 1.36 bits per heavy atom. The third kappa shape index (κ3) is 6.11. The largest absolute Gasteiger partial charge is 0.490 e. The fraction of sp³-hybridized carbons (Fsp3) is 0.556. The molecule has 0 bridgehead atoms. The van der Waals surface area contributed by atoms with Crippen molar-refractivity contribution in [1.82, 2.24) is 10.2 Å². The Kier molecular flexibility index (Phi) is 7.83. The molecule has 25 heavy (non-hydrogen) atoms. The zero-order valence-corrected chi connectivity index (χ0v) is 15.3. The number of nitrogens with zero attached hydrogens (tertiary/aromatic N) is 2. The normalized spacial score (nSPS) is 14.1. The van der Waals surface area contributed by atoms with Gasteiger partial charge in [-0.05, 0) is 50.6 Å². The fourth-order valence-corrected chi connectivity index (χ4v) is 3.03. The smallest absolute Gasteiger partial charge is 0.234 e. The number of ether oxygens (including phenoxy) is 2. The van der Waals surface area contributed by atoms with Crippen molar-refractivity contribution in [3.8, 4) is 17.6 Å². The van der Waals surface area contributed by atoms with Crippen molar-refractivity contribution in [3.63, 3.8) is 0 Å². The van der Waals surface area contributed by atoms with Crippen molar-refractivity contribution in [2.24, 2.45) is 0 Å². The first-order chi connectivity index (χ1) is 12.1. The molecule has 1 aliphatic rings. The number of carbonyl (C=O) groups excluding carboxylic acids is 1. The average molecular weight is 366 g/mol. The summed E-state index contributed by atoms with van der Waals surface area (Å²) in [7, 11) is 0. The van der Waals surface area contributed by atoms with E-state index in [4.69, 9.17) is 26.3 Å². The molecule has 2 rings (SSSR count). The van der Waals surface area contributed by atoms with E-state index in [0.29, 0.717) is 29.7 Å². The average Bonchev–Trinajstić information content (AvgIpc) is 3.09. The lowest BCUT2D eigenvalue weighted by Crippen LogP contribution is -2.25. The second kappa shape index (κ2) is 10.1. The van der Waals surface area contributed by atoms with Gasteiger partial charge in [0, 0.05) is 13.1 Å². The number of nitrogens with one attached hydrogen (secondary N) is 1. The number of halogens is 1. The monoisotopic (exact) mass is 365 g/mol. The highest BCUT2D eigenvalue weighted by atomic mass is 35.5. The second-order valence-corrected chi connectivity index (χ2v) is 6.25. The van der Waals surface area contributed by atoms with Crippen LogP contribution in [0.5, 0.6) is 11.5 Å². The predicted octanol–water partition coefficient (Wildman–Crippen LogP) is 2.74. The first-order valence-corrected chi connectivity index (χ1v) is 8.95. The van der Waals surface area contributed by atoms with Crippen molar-refractivity contribution in [3.05, 3.63) is 22.7 Å². The maximum Gasteiger partial charge on any atom is 0.234 e. The molecule has 1 N–H and O–H groups in total. The van der Waals surface area contributed by atoms with Crippen LogP contribution in [0.4, 0.5) is 0 Å². The lowest BCUT2D eigenvalue weighted by molar-refractivity contribution is -0.120. The van der Waals surface area contributed by atoms with Crippen LogP contribution in [-0.4, -0.2) is 43.7 Å². The maximum atomic E-state index is 11.4. The van der Waals surface area contributed by atoms with Gasteiger partial charge in [0.2, 0.25) is 5.91 Å². The Balaban J connectivity index is 1.99. The lowest BCUT2D eigenvalue weighted by Gasteiger charge is -2.18. The first kappa shape index (κ1) is 19.4. The molecule has 1 heterocycles. The first-order valence-electron chi connectivity index (χ1n) is 8.58. The van der Waals surface area contributed by atoms with Gasteiger partial charge in [-0.2, -0.15) is 5.26 Å². The van der Waals surface area contributed by atoms with Crippen molar-refractivity contribution in [2.75, 3.05) is 32.8 Å². The number of benzene rings is 1. The van der Waals surface area contributed by atoms with Gasteiger partial charge in [0.25, 0.3) is 0 Å². The van der Waals surface area contributed by atoms with E-state index in [0.717, 1.165) is 25.2 Å². The van der Waals surface area contributed by atoms with Gasteiger partial charge < -0.3 is 14.8 Å². The summed E-state index contributed by atoms with van der Waals surface area (Å²) >= 11 is 6.36. The minimum Gasteiger partial charge on any atom is -0.490 e. The Bertz CT molecular complexity index is 625. The van der Waals surface area contributed by atoms with E-state index in [2.05, 4.69) is 10.2 Å². The molecule has 1 aliphatic heterocycles. The second-order valence-electron chi connectivity index (χ2n) is 5.85. The number of carbonyl (C=O) groups is 1. The van der Waals surface area contributed by atoms with Gasteiger partial charge in [0.1, 0.15) is 13.0 Å². The Hall–Kier alpha value is -1.97. The highest BCUT2D eigenvalue weighted by molar-refractivity contribution is 6.32. The van der Waals surface area contributed by atoms with Gasteiger partial charge in [-0.25, -0.2) is 0 Å². The molecule has 1 saturated heterocycles. The summed E-state index contributed by atoms with van der Waals surface area (Å²) in [5, 5.41) is 11.6. The summed E-state index contributed by atoms with van der Waals surface area (Å²) in [6.45, 7) is 6.33. The van der Waals surface area contributed by atoms with Gasteiger partial charge in [0.15, 0.2) is 11.5 Å². The third-order valence-electron chi connectivity index (χ3n) is 3.95. The summed E-state index contributed by atoms with van der Waals surface area (Å²) in [6, 6.07) is 5.38. The molecule has 0 unspecified atom stereocenters. The SMILES string of the molecule is CCOc1cc(CNC(=O)CC#N)cc(Cl)c1OCCN1CCCC1. The highest BCUT2D eigenvalue weighted by Crippen LogP contribution is 2.36. The van der Waals surface area contributed by atoms with E-state index in [1.807, 2.05) is 19.1 Å². The lowest BCUT2D eigenvalue weighted by atomic mass is 10.2. The Morgan fingerprint density at radius 2 is 2.12 bits per heavy atom. The van der Waals surface area contributed by atoms with Crippen LogP contribution >= 0.6 is 11.6 Å². The Morgan fingerprint density at radius 3 is 2.80 bits per heavy atom. The molecule has 1 aromatic carbocycles. The van der Waals surface area contributed by atoms with Crippen LogP contribution in [0, 0.1) is 11.3 Å². The van der Waals surface area contributed by atoms with Crippen LogP contribution in [0.3, 0.4) is 0 Å². The molecule has 0 spiro atoms. The van der Waals surface area contributed by atoms with E-state index in [-0.39, 0.29) is 18.9 Å². The van der Waals surface area contributed by atoms with E-state index in [1.54, 1.807) is 6.07 Å². The van der Waals surface area contributed by atoms with Crippen LogP contribution in [0.2, 0.25) is 5.02 Å². The number of hydrogen-bond donors (Lipinski definition) is 1. The van der Waals surface area contributed by atoms with Crippen LogP contribution in [0.25, 0.3) is 0 Å². The van der Waals surface area contributed by atoms with Gasteiger partial charge in [-0.1, -0.05) is 11.6 Å². The molecule has 1 aromatic rings. The molecular formula is C18H24ClN3O3. The van der Waals surface area contributed by atoms with Crippen LogP contribution in [0.1, 0.15) is 31.7 Å². The summed E-state index contributed by atoms with van der Waals surface area (Å²) in [6.07, 6.45) is 2.33. The summed E-state index contributed by atoms with van der Waals surface area (Å²) in [5.74, 6) is 0.790. The fourth-order valence-electron chi connectivity index (χ4n) is 2.74. The summed E-state index contributed by atoms with van der Waals surface area (Å²) in [4.78, 5) is 13.8. The third-order valence-corrected chi connectivity index (χ3v) is 4.23. The van der Waals surface area contributed by atoms with E-state index < -0.39 is 0 Å². The standard InChI is InChI=1S/C18H24ClN3O3/c1-2-24-16-12-14(13-21-17(23)5-6-20)11-15(19)18(16)25-10-9-22-7-3-4-8-22/h11-12H,2-5,7-10,13H2,1H3,(H,21,23). The molecule has 7 heteroatoms. The Labute approximate surface area is 153 Å². The topological polar surface area (TPSA) is 74.6 Å². The van der Waals surface area contributed by atoms with Gasteiger partial charge in [0.05, 0.1) is 17.7 Å². The minimum atomic E-state index is -0.317. The van der Waals surface area contributed by atoms with Crippen LogP contribution in [-0.2, 0) is 11.3 Å². The summed E-state index contributed by atoms with van der Waals surface area (Å²) < 4.78 is 11.5. The molecule has 1 amide bonds. The van der Waals surface area contributed by atoms with E-state index in [1.165, 1.54) is 12.8 Å². The zero-order valence-electron chi connectivity index (χ0n) is 14.5. The predicted molar refractivity (Wildman–Crippen MR) is 95.9 cm³/mol. The molecule has 1 fully saturated rings. The molecule has 0 aromatic heterocycles. The maximum absolute atomic E-state index is 11.4. The zero-order chi connectivity index (χ0) is 18.1. The van der Waals surface area contributed by atoms with Gasteiger partial charge in [-0.3, -0.25) is 9.69 Å². The number of nitriles is 1. The van der Waals surface area contributed by atoms with Crippen molar-refractivity contribution in [1.29, 1.82) is 5.26 Å². The van der Waals surface area contributed by atoms with Crippen molar-refractivity contribution < 1.29 is 14.3 Å². The van der Waals surface area contributed by atoms with Crippen molar-refractivity contribution >= 4 is 17.5 Å². The van der Waals surface area contributed by atoms with E-state index >= 15 is 0 Å². The molecule has 136 valence electrons.